The van der Waals surface area contributed by atoms with Crippen molar-refractivity contribution in [1.29, 1.82) is 0 Å². The van der Waals surface area contributed by atoms with Gasteiger partial charge in [0.25, 0.3) is 0 Å². The number of aryl methyl sites for hydroxylation is 1. The molecular weight excluding hydrogens is 286 g/mol. The molecule has 1 N–H and O–H groups in total. The van der Waals surface area contributed by atoms with E-state index in [0.29, 0.717) is 5.69 Å². The number of hydrogen-bond acceptors (Lipinski definition) is 3. The van der Waals surface area contributed by atoms with Crippen LogP contribution >= 0.6 is 0 Å². The molecule has 0 atom stereocenters. The summed E-state index contributed by atoms with van der Waals surface area (Å²) in [4.78, 5) is 4.12. The van der Waals surface area contributed by atoms with Crippen molar-refractivity contribution in [2.45, 2.75) is 12.7 Å². The molecule has 5 nitrogen and oxygen atoms in total. The van der Waals surface area contributed by atoms with Crippen molar-refractivity contribution >= 4 is 21.4 Å². The molecule has 0 saturated heterocycles. The van der Waals surface area contributed by atoms with Gasteiger partial charge in [-0.25, -0.2) is 13.4 Å². The van der Waals surface area contributed by atoms with Gasteiger partial charge in [-0.1, -0.05) is 29.8 Å². The molecule has 0 aliphatic heterocycles. The van der Waals surface area contributed by atoms with Crippen LogP contribution in [0.15, 0.2) is 55.0 Å². The molecule has 0 fully saturated rings. The van der Waals surface area contributed by atoms with Crippen LogP contribution in [0.5, 0.6) is 0 Å². The summed E-state index contributed by atoms with van der Waals surface area (Å²) >= 11 is 0. The van der Waals surface area contributed by atoms with Crippen molar-refractivity contribution in [3.8, 4) is 0 Å². The van der Waals surface area contributed by atoms with Gasteiger partial charge in [0.05, 0.1) is 11.4 Å². The number of nitrogens with zero attached hydrogens (tertiary/aromatic N) is 2. The summed E-state index contributed by atoms with van der Waals surface area (Å²) < 4.78 is 28.7. The van der Waals surface area contributed by atoms with E-state index in [-0.39, 0.29) is 5.75 Å². The van der Waals surface area contributed by atoms with Gasteiger partial charge in [0.15, 0.2) is 0 Å². The van der Waals surface area contributed by atoms with Crippen LogP contribution in [0.25, 0.3) is 5.65 Å². The Hall–Kier alpha value is -2.34. The first-order chi connectivity index (χ1) is 10.0. The Morgan fingerprint density at radius 2 is 1.90 bits per heavy atom. The maximum absolute atomic E-state index is 12.2. The molecule has 3 rings (SSSR count). The van der Waals surface area contributed by atoms with E-state index in [1.54, 1.807) is 35.1 Å². The quantitative estimate of drug-likeness (QED) is 0.805. The molecule has 0 aliphatic carbocycles. The van der Waals surface area contributed by atoms with E-state index in [0.717, 1.165) is 16.8 Å². The van der Waals surface area contributed by atoms with E-state index in [2.05, 4.69) is 9.71 Å². The van der Waals surface area contributed by atoms with Crippen molar-refractivity contribution < 1.29 is 8.42 Å². The first-order valence-corrected chi connectivity index (χ1v) is 8.16. The molecule has 0 amide bonds. The number of benzene rings is 1. The highest BCUT2D eigenvalue weighted by molar-refractivity contribution is 7.91. The molecule has 0 radical (unpaired) electrons. The summed E-state index contributed by atoms with van der Waals surface area (Å²) in [7, 11) is -3.44. The maximum Gasteiger partial charge on any atom is 0.236 e. The van der Waals surface area contributed by atoms with Crippen LogP contribution in [0.1, 0.15) is 11.1 Å². The minimum Gasteiger partial charge on any atom is -0.305 e. The molecule has 3 aromatic rings. The zero-order chi connectivity index (χ0) is 14.9. The minimum atomic E-state index is -3.44. The average Bonchev–Trinajstić information content (AvgIpc) is 2.88. The molecule has 21 heavy (non-hydrogen) atoms. The molecule has 0 unspecified atom stereocenters. The van der Waals surface area contributed by atoms with Crippen molar-refractivity contribution in [3.05, 3.63) is 66.1 Å². The second kappa shape index (κ2) is 5.21. The molecule has 0 saturated carbocycles. The number of aromatic nitrogens is 2. The van der Waals surface area contributed by atoms with Gasteiger partial charge in [-0.3, -0.25) is 4.72 Å². The SMILES string of the molecule is Cc1ccc(CS(=O)(=O)Nc2ccc3nccn3c2)cc1. The number of fused-ring (bicyclic) bond motifs is 1. The predicted molar refractivity (Wildman–Crippen MR) is 82.6 cm³/mol. The topological polar surface area (TPSA) is 63.5 Å². The minimum absolute atomic E-state index is 0.0464. The molecule has 2 aromatic heterocycles. The van der Waals surface area contributed by atoms with Gasteiger partial charge in [-0.15, -0.1) is 0 Å². The van der Waals surface area contributed by atoms with Gasteiger partial charge in [-0.05, 0) is 24.6 Å². The van der Waals surface area contributed by atoms with Crippen LogP contribution in [0.2, 0.25) is 0 Å². The summed E-state index contributed by atoms with van der Waals surface area (Å²) in [5, 5.41) is 0. The van der Waals surface area contributed by atoms with Gasteiger partial charge in [0.1, 0.15) is 5.65 Å². The highest BCUT2D eigenvalue weighted by atomic mass is 32.2. The number of pyridine rings is 1. The highest BCUT2D eigenvalue weighted by Crippen LogP contribution is 2.14. The first-order valence-electron chi connectivity index (χ1n) is 6.51. The van der Waals surface area contributed by atoms with Crippen molar-refractivity contribution in [2.75, 3.05) is 4.72 Å². The summed E-state index contributed by atoms with van der Waals surface area (Å²) in [6.07, 6.45) is 5.14. The second-order valence-electron chi connectivity index (χ2n) is 4.96. The van der Waals surface area contributed by atoms with Crippen molar-refractivity contribution in [1.82, 2.24) is 9.38 Å². The van der Waals surface area contributed by atoms with Gasteiger partial charge >= 0.3 is 0 Å². The fourth-order valence-corrected chi connectivity index (χ4v) is 3.28. The Bertz CT molecular complexity index is 867. The molecule has 2 heterocycles. The Labute approximate surface area is 123 Å². The van der Waals surface area contributed by atoms with E-state index < -0.39 is 10.0 Å². The molecule has 108 valence electrons. The molecule has 0 spiro atoms. The van der Waals surface area contributed by atoms with Gasteiger partial charge in [-0.2, -0.15) is 0 Å². The average molecular weight is 301 g/mol. The Morgan fingerprint density at radius 3 is 2.67 bits per heavy atom. The molecule has 6 heteroatoms. The normalized spacial score (nSPS) is 11.7. The standard InChI is InChI=1S/C15H15N3O2S/c1-12-2-4-13(5-3-12)11-21(19,20)17-14-6-7-15-16-8-9-18(15)10-14/h2-10,17H,11H2,1H3. The van der Waals surface area contributed by atoms with E-state index in [1.807, 2.05) is 31.2 Å². The second-order valence-corrected chi connectivity index (χ2v) is 6.68. The largest absolute Gasteiger partial charge is 0.305 e. The van der Waals surface area contributed by atoms with E-state index in [4.69, 9.17) is 0 Å². The number of anilines is 1. The Morgan fingerprint density at radius 1 is 1.14 bits per heavy atom. The van der Waals surface area contributed by atoms with Crippen LogP contribution in [0.3, 0.4) is 0 Å². The summed E-state index contributed by atoms with van der Waals surface area (Å²) in [6, 6.07) is 10.9. The Balaban J connectivity index is 1.80. The lowest BCUT2D eigenvalue weighted by Gasteiger charge is -2.08. The number of nitrogens with one attached hydrogen (secondary N) is 1. The van der Waals surface area contributed by atoms with Crippen LogP contribution in [0, 0.1) is 6.92 Å². The van der Waals surface area contributed by atoms with Crippen LogP contribution in [-0.4, -0.2) is 17.8 Å². The maximum atomic E-state index is 12.2. The third-order valence-electron chi connectivity index (χ3n) is 3.14. The van der Waals surface area contributed by atoms with Crippen molar-refractivity contribution in [2.24, 2.45) is 0 Å². The zero-order valence-corrected chi connectivity index (χ0v) is 12.3. The predicted octanol–water partition coefficient (Wildman–Crippen LogP) is 2.58. The molecule has 1 aromatic carbocycles. The van der Waals surface area contributed by atoms with Crippen LogP contribution < -0.4 is 4.72 Å². The van der Waals surface area contributed by atoms with Gasteiger partial charge < -0.3 is 4.40 Å². The number of hydrogen-bond donors (Lipinski definition) is 1. The fourth-order valence-electron chi connectivity index (χ4n) is 2.10. The summed E-state index contributed by atoms with van der Waals surface area (Å²) in [5.74, 6) is -0.0464. The lowest BCUT2D eigenvalue weighted by atomic mass is 10.2. The smallest absolute Gasteiger partial charge is 0.236 e. The molecule has 0 aliphatic rings. The van der Waals surface area contributed by atoms with Crippen LogP contribution in [-0.2, 0) is 15.8 Å². The Kier molecular flexibility index (Phi) is 3.39. The lowest BCUT2D eigenvalue weighted by molar-refractivity contribution is 0.600. The van der Waals surface area contributed by atoms with Gasteiger partial charge in [0, 0.05) is 18.6 Å². The van der Waals surface area contributed by atoms with E-state index >= 15 is 0 Å². The fraction of sp³-hybridized carbons (Fsp3) is 0.133. The number of rotatable bonds is 4. The third-order valence-corrected chi connectivity index (χ3v) is 4.40. The highest BCUT2D eigenvalue weighted by Gasteiger charge is 2.12. The lowest BCUT2D eigenvalue weighted by Crippen LogP contribution is -2.15. The van der Waals surface area contributed by atoms with Crippen LogP contribution in [0.4, 0.5) is 5.69 Å². The monoisotopic (exact) mass is 301 g/mol. The van der Waals surface area contributed by atoms with E-state index in [9.17, 15) is 8.42 Å². The van der Waals surface area contributed by atoms with Gasteiger partial charge in [0.2, 0.25) is 10.0 Å². The molecule has 0 bridgehead atoms. The third kappa shape index (κ3) is 3.22. The first kappa shape index (κ1) is 13.6. The number of sulfonamides is 1. The number of imidazole rings is 1. The molecular formula is C15H15N3O2S. The summed E-state index contributed by atoms with van der Waals surface area (Å²) in [6.45, 7) is 1.97. The zero-order valence-electron chi connectivity index (χ0n) is 11.5. The van der Waals surface area contributed by atoms with E-state index in [1.165, 1.54) is 0 Å². The summed E-state index contributed by atoms with van der Waals surface area (Å²) in [5.41, 5.74) is 3.16. The van der Waals surface area contributed by atoms with Crippen molar-refractivity contribution in [3.63, 3.8) is 0 Å².